The molecule has 0 aromatic rings. The molecule has 0 aromatic heterocycles. The van der Waals surface area contributed by atoms with Crippen molar-refractivity contribution in [2.75, 3.05) is 0 Å². The van der Waals surface area contributed by atoms with Gasteiger partial charge in [-0.2, -0.15) is 6.42 Å². The average Bonchev–Trinajstić information content (AvgIpc) is 1.86. The zero-order valence-electron chi connectivity index (χ0n) is 4.39. The van der Waals surface area contributed by atoms with Gasteiger partial charge >= 0.3 is 37.7 Å². The molecule has 0 aliphatic carbocycles. The second-order valence-corrected chi connectivity index (χ2v) is 1.50. The third-order valence-corrected chi connectivity index (χ3v) is 0.895. The largest absolute Gasteiger partial charge is 2.00 e. The van der Waals surface area contributed by atoms with Crippen LogP contribution in [0, 0.1) is 13.5 Å². The Hall–Kier alpha value is 1.22. The summed E-state index contributed by atoms with van der Waals surface area (Å²) in [6.07, 6.45) is 2.42. The fraction of sp³-hybridized carbons (Fsp3) is 0.600. The molecule has 7 heavy (non-hydrogen) atoms. The first-order chi connectivity index (χ1) is 2.89. The first-order valence-electron chi connectivity index (χ1n) is 2.20. The van der Waals surface area contributed by atoms with Gasteiger partial charge in [0.25, 0.3) is 0 Å². The fourth-order valence-electron chi connectivity index (χ4n) is 0.526. The van der Waals surface area contributed by atoms with E-state index in [1.807, 2.05) is 6.61 Å². The predicted molar refractivity (Wildman–Crippen MR) is 29.5 cm³/mol. The molecule has 0 bridgehead atoms. The molecule has 0 N–H and O–H groups in total. The van der Waals surface area contributed by atoms with Crippen molar-refractivity contribution >= 4 is 37.7 Å². The maximum atomic E-state index is 4.92. The van der Waals surface area contributed by atoms with Crippen molar-refractivity contribution in [2.24, 2.45) is 0 Å². The maximum Gasteiger partial charge on any atom is 2.00 e. The Morgan fingerprint density at radius 3 is 2.57 bits per heavy atom. The summed E-state index contributed by atoms with van der Waals surface area (Å²) in [5, 5.41) is 0. The van der Waals surface area contributed by atoms with Gasteiger partial charge in [0.1, 0.15) is 0 Å². The van der Waals surface area contributed by atoms with Crippen LogP contribution in [0.15, 0.2) is 0 Å². The molecule has 0 unspecified atom stereocenters. The Balaban J connectivity index is 0.000000360. The summed E-state index contributed by atoms with van der Waals surface area (Å²) < 4.78 is 4.92. The molecule has 1 aliphatic rings. The van der Waals surface area contributed by atoms with Gasteiger partial charge < -0.3 is 11.7 Å². The van der Waals surface area contributed by atoms with E-state index in [2.05, 4.69) is 6.92 Å². The van der Waals surface area contributed by atoms with Gasteiger partial charge in [-0.1, -0.05) is 6.42 Å². The van der Waals surface area contributed by atoms with Crippen molar-refractivity contribution in [2.45, 2.75) is 18.9 Å². The Bertz CT molecular complexity index is 41.3. The molecular weight excluding hydrogens is 116 g/mol. The fourth-order valence-corrected chi connectivity index (χ4v) is 0.526. The topological polar surface area (TPSA) is 9.23 Å². The summed E-state index contributed by atoms with van der Waals surface area (Å²) >= 11 is 0. The molecule has 0 radical (unpaired) electrons. The van der Waals surface area contributed by atoms with Crippen LogP contribution < -0.4 is 0 Å². The van der Waals surface area contributed by atoms with Gasteiger partial charge in [0.15, 0.2) is 0 Å². The molecule has 1 nitrogen and oxygen atoms in total. The van der Waals surface area contributed by atoms with E-state index >= 15 is 0 Å². The molecule has 1 rings (SSSR count). The Morgan fingerprint density at radius 1 is 1.71 bits per heavy atom. The van der Waals surface area contributed by atoms with Gasteiger partial charge in [-0.3, -0.25) is 0 Å². The van der Waals surface area contributed by atoms with Crippen LogP contribution in [0.1, 0.15) is 12.8 Å². The van der Waals surface area contributed by atoms with E-state index in [9.17, 15) is 0 Å². The summed E-state index contributed by atoms with van der Waals surface area (Å²) in [5.74, 6) is 0. The minimum absolute atomic E-state index is 0. The van der Waals surface area contributed by atoms with Crippen molar-refractivity contribution in [3.05, 3.63) is 13.5 Å². The van der Waals surface area contributed by atoms with Crippen LogP contribution in [-0.2, 0) is 4.74 Å². The molecule has 1 atom stereocenters. The van der Waals surface area contributed by atoms with E-state index in [1.165, 1.54) is 0 Å². The summed E-state index contributed by atoms with van der Waals surface area (Å²) in [4.78, 5) is 0. The monoisotopic (exact) mass is 124 g/mol. The second kappa shape index (κ2) is 4.13. The van der Waals surface area contributed by atoms with Gasteiger partial charge in [-0.25, -0.2) is 6.61 Å². The zero-order valence-corrected chi connectivity index (χ0v) is 6.60. The van der Waals surface area contributed by atoms with Crippen LogP contribution in [0.25, 0.3) is 0 Å². The summed E-state index contributed by atoms with van der Waals surface area (Å²) in [6, 6.07) is 0. The van der Waals surface area contributed by atoms with Crippen LogP contribution in [0.2, 0.25) is 0 Å². The quantitative estimate of drug-likeness (QED) is 0.342. The van der Waals surface area contributed by atoms with Crippen molar-refractivity contribution in [1.82, 2.24) is 0 Å². The Morgan fingerprint density at radius 2 is 2.43 bits per heavy atom. The van der Waals surface area contributed by atoms with Crippen LogP contribution in [-0.4, -0.2) is 43.8 Å². The van der Waals surface area contributed by atoms with Crippen LogP contribution in [0.4, 0.5) is 0 Å². The Labute approximate surface area is 74.4 Å². The average molecular weight is 124 g/mol. The van der Waals surface area contributed by atoms with E-state index in [1.54, 1.807) is 0 Å². The van der Waals surface area contributed by atoms with Gasteiger partial charge in [0, 0.05) is 0 Å². The summed E-state index contributed by atoms with van der Waals surface area (Å²) in [5.41, 5.74) is 0. The molecule has 1 aliphatic heterocycles. The number of hydrogen-bond donors (Lipinski definition) is 0. The van der Waals surface area contributed by atoms with Gasteiger partial charge in [-0.15, -0.1) is 6.10 Å². The van der Waals surface area contributed by atoms with E-state index in [-0.39, 0.29) is 43.8 Å². The number of ether oxygens (including phenoxy) is 1. The normalized spacial score (nSPS) is 29.6. The molecule has 1 saturated heterocycles. The second-order valence-electron chi connectivity index (χ2n) is 1.50. The van der Waals surface area contributed by atoms with E-state index < -0.39 is 0 Å². The zero-order chi connectivity index (χ0) is 4.41. The number of hydrogen-bond acceptors (Lipinski definition) is 1. The van der Waals surface area contributed by atoms with Gasteiger partial charge in [0.05, 0.1) is 0 Å². The maximum absolute atomic E-state index is 4.92. The molecule has 0 saturated carbocycles. The van der Waals surface area contributed by atoms with E-state index in [0.717, 1.165) is 12.8 Å². The molecule has 1 heterocycles. The molecule has 1 fully saturated rings. The molecule has 0 aromatic carbocycles. The molecule has 36 valence electrons. The van der Waals surface area contributed by atoms with Crippen LogP contribution in [0.5, 0.6) is 0 Å². The Kier molecular flexibility index (Phi) is 4.85. The standard InChI is InChI=1S/C5H8O.Ca/c1-5-3-2-4-6-5;/h4-5H,1-3H2;/q-2;+2/t5-;/m0./s1. The van der Waals surface area contributed by atoms with E-state index in [4.69, 9.17) is 4.74 Å². The predicted octanol–water partition coefficient (Wildman–Crippen LogP) is 0.780. The third kappa shape index (κ3) is 2.91. The van der Waals surface area contributed by atoms with Crippen molar-refractivity contribution in [1.29, 1.82) is 0 Å². The van der Waals surface area contributed by atoms with Crippen molar-refractivity contribution in [3.8, 4) is 0 Å². The minimum Gasteiger partial charge on any atom is -0.575 e. The van der Waals surface area contributed by atoms with Crippen LogP contribution >= 0.6 is 0 Å². The minimum atomic E-state index is 0. The van der Waals surface area contributed by atoms with Crippen LogP contribution in [0.3, 0.4) is 0 Å². The van der Waals surface area contributed by atoms with Crippen molar-refractivity contribution in [3.63, 3.8) is 0 Å². The first-order valence-corrected chi connectivity index (χ1v) is 2.20. The molecular formula is C5H8CaO. The molecule has 0 amide bonds. The molecule has 0 spiro atoms. The first kappa shape index (κ1) is 8.22. The summed E-state index contributed by atoms with van der Waals surface area (Å²) in [7, 11) is 0. The van der Waals surface area contributed by atoms with Crippen molar-refractivity contribution < 1.29 is 4.74 Å². The van der Waals surface area contributed by atoms with Gasteiger partial charge in [0.2, 0.25) is 0 Å². The summed E-state index contributed by atoms with van der Waals surface area (Å²) in [6.45, 7) is 5.50. The molecule has 2 heteroatoms. The SMILES string of the molecule is [CH2-][C@H]1CC[CH-]O1.[Ca+2]. The number of rotatable bonds is 0. The van der Waals surface area contributed by atoms with Gasteiger partial charge in [-0.05, 0) is 0 Å². The van der Waals surface area contributed by atoms with E-state index in [0.29, 0.717) is 0 Å². The smallest absolute Gasteiger partial charge is 0.575 e. The third-order valence-electron chi connectivity index (χ3n) is 0.895.